The molecule has 0 amide bonds. The highest BCUT2D eigenvalue weighted by Crippen LogP contribution is 2.32. The molecular weight excluding hydrogens is 331 g/mol. The number of nitrogens with zero attached hydrogens (tertiary/aromatic N) is 2. The van der Waals surface area contributed by atoms with Gasteiger partial charge in [-0.1, -0.05) is 23.2 Å². The van der Waals surface area contributed by atoms with Crippen molar-refractivity contribution in [1.29, 1.82) is 0 Å². The summed E-state index contributed by atoms with van der Waals surface area (Å²) in [5, 5.41) is 13.7. The van der Waals surface area contributed by atoms with Crippen LogP contribution < -0.4 is 0 Å². The molecular formula is C14H10Cl2N2O2S. The lowest BCUT2D eigenvalue weighted by Gasteiger charge is -2.07. The average Bonchev–Trinajstić information content (AvgIpc) is 3.04. The lowest BCUT2D eigenvalue weighted by Crippen LogP contribution is -2.05. The molecule has 0 atom stereocenters. The molecule has 0 saturated carbocycles. The molecule has 3 aromatic rings. The molecule has 0 aliphatic heterocycles. The zero-order chi connectivity index (χ0) is 15.0. The second kappa shape index (κ2) is 5.67. The summed E-state index contributed by atoms with van der Waals surface area (Å²) in [6.45, 7) is 0.328. The topological polar surface area (TPSA) is 55.1 Å². The van der Waals surface area contributed by atoms with Crippen molar-refractivity contribution in [3.8, 4) is 11.4 Å². The average molecular weight is 341 g/mol. The Balaban J connectivity index is 2.20. The van der Waals surface area contributed by atoms with E-state index in [1.807, 2.05) is 21.4 Å². The standard InChI is InChI=1S/C14H10Cl2N2O2S/c15-9-5-11-12(6-10(9)16)18(3-1-13(19)20)14(17-11)8-2-4-21-7-8/h2,4-7H,1,3H2,(H,19,20). The number of benzene rings is 1. The van der Waals surface area contributed by atoms with E-state index >= 15 is 0 Å². The Labute approximate surface area is 134 Å². The molecule has 1 aromatic carbocycles. The largest absolute Gasteiger partial charge is 0.481 e. The summed E-state index contributed by atoms with van der Waals surface area (Å²) < 4.78 is 1.87. The zero-order valence-electron chi connectivity index (χ0n) is 10.7. The monoisotopic (exact) mass is 340 g/mol. The van der Waals surface area contributed by atoms with Crippen LogP contribution in [0.2, 0.25) is 10.0 Å². The van der Waals surface area contributed by atoms with Gasteiger partial charge in [0.1, 0.15) is 5.82 Å². The zero-order valence-corrected chi connectivity index (χ0v) is 13.0. The van der Waals surface area contributed by atoms with Crippen LogP contribution in [0.15, 0.2) is 29.0 Å². The van der Waals surface area contributed by atoms with E-state index in [-0.39, 0.29) is 6.42 Å². The summed E-state index contributed by atoms with van der Waals surface area (Å²) in [5.41, 5.74) is 2.44. The van der Waals surface area contributed by atoms with Gasteiger partial charge in [0.15, 0.2) is 0 Å². The maximum absolute atomic E-state index is 10.9. The molecule has 0 fully saturated rings. The Hall–Kier alpha value is -1.56. The fraction of sp³-hybridized carbons (Fsp3) is 0.143. The van der Waals surface area contributed by atoms with Gasteiger partial charge in [0, 0.05) is 17.5 Å². The number of halogens is 2. The Morgan fingerprint density at radius 1 is 1.33 bits per heavy atom. The lowest BCUT2D eigenvalue weighted by molar-refractivity contribution is -0.137. The number of hydrogen-bond donors (Lipinski definition) is 1. The molecule has 1 N–H and O–H groups in total. The predicted molar refractivity (Wildman–Crippen MR) is 85.3 cm³/mol. The van der Waals surface area contributed by atoms with Crippen LogP contribution in [0.4, 0.5) is 0 Å². The molecule has 2 heterocycles. The van der Waals surface area contributed by atoms with Crippen LogP contribution in [0.5, 0.6) is 0 Å². The summed E-state index contributed by atoms with van der Waals surface area (Å²) >= 11 is 13.7. The van der Waals surface area contributed by atoms with Crippen molar-refractivity contribution in [3.63, 3.8) is 0 Å². The third-order valence-electron chi connectivity index (χ3n) is 3.12. The molecule has 0 spiro atoms. The quantitative estimate of drug-likeness (QED) is 0.758. The van der Waals surface area contributed by atoms with Gasteiger partial charge in [-0.25, -0.2) is 4.98 Å². The number of aliphatic carboxylic acids is 1. The van der Waals surface area contributed by atoms with Gasteiger partial charge in [-0.3, -0.25) is 4.79 Å². The minimum atomic E-state index is -0.854. The van der Waals surface area contributed by atoms with Crippen molar-refractivity contribution >= 4 is 51.5 Å². The number of thiophene rings is 1. The third kappa shape index (κ3) is 2.77. The van der Waals surface area contributed by atoms with Gasteiger partial charge in [0.05, 0.1) is 27.5 Å². The highest BCUT2D eigenvalue weighted by atomic mass is 35.5. The smallest absolute Gasteiger partial charge is 0.305 e. The first kappa shape index (κ1) is 14.4. The summed E-state index contributed by atoms with van der Waals surface area (Å²) in [7, 11) is 0. The Morgan fingerprint density at radius 3 is 2.76 bits per heavy atom. The second-order valence-electron chi connectivity index (χ2n) is 4.50. The van der Waals surface area contributed by atoms with E-state index in [2.05, 4.69) is 4.98 Å². The van der Waals surface area contributed by atoms with Crippen molar-refractivity contribution in [2.75, 3.05) is 0 Å². The number of carboxylic acids is 1. The Morgan fingerprint density at radius 2 is 2.10 bits per heavy atom. The van der Waals surface area contributed by atoms with Gasteiger partial charge in [-0.2, -0.15) is 11.3 Å². The van der Waals surface area contributed by atoms with Crippen molar-refractivity contribution in [2.45, 2.75) is 13.0 Å². The van der Waals surface area contributed by atoms with Crippen LogP contribution in [0.1, 0.15) is 6.42 Å². The van der Waals surface area contributed by atoms with Crippen molar-refractivity contribution in [1.82, 2.24) is 9.55 Å². The second-order valence-corrected chi connectivity index (χ2v) is 6.09. The highest BCUT2D eigenvalue weighted by molar-refractivity contribution is 7.08. The van der Waals surface area contributed by atoms with Crippen LogP contribution in [0.25, 0.3) is 22.4 Å². The van der Waals surface area contributed by atoms with Crippen molar-refractivity contribution in [2.24, 2.45) is 0 Å². The van der Waals surface area contributed by atoms with Gasteiger partial charge in [0.25, 0.3) is 0 Å². The molecule has 0 aliphatic rings. The van der Waals surface area contributed by atoms with Gasteiger partial charge in [0.2, 0.25) is 0 Å². The summed E-state index contributed by atoms with van der Waals surface area (Å²) in [6.07, 6.45) is 0.0167. The number of aryl methyl sites for hydroxylation is 1. The molecule has 7 heteroatoms. The number of aromatic nitrogens is 2. The maximum atomic E-state index is 10.9. The van der Waals surface area contributed by atoms with Crippen LogP contribution in [-0.4, -0.2) is 20.6 Å². The molecule has 3 rings (SSSR count). The minimum absolute atomic E-state index is 0.0167. The number of carboxylic acid groups (broad SMARTS) is 1. The van der Waals surface area contributed by atoms with Crippen molar-refractivity contribution in [3.05, 3.63) is 39.0 Å². The first-order chi connectivity index (χ1) is 10.1. The first-order valence-electron chi connectivity index (χ1n) is 6.16. The van der Waals surface area contributed by atoms with Gasteiger partial charge >= 0.3 is 5.97 Å². The summed E-state index contributed by atoms with van der Waals surface area (Å²) in [6, 6.07) is 5.38. The summed E-state index contributed by atoms with van der Waals surface area (Å²) in [5.74, 6) is -0.126. The first-order valence-corrected chi connectivity index (χ1v) is 7.86. The molecule has 0 bridgehead atoms. The number of rotatable bonds is 4. The van der Waals surface area contributed by atoms with Crippen LogP contribution in [0, 0.1) is 0 Å². The van der Waals surface area contributed by atoms with E-state index < -0.39 is 5.97 Å². The molecule has 108 valence electrons. The molecule has 0 unspecified atom stereocenters. The number of imidazole rings is 1. The predicted octanol–water partition coefficient (Wildman–Crippen LogP) is 4.55. The number of fused-ring (bicyclic) bond motifs is 1. The van der Waals surface area contributed by atoms with Gasteiger partial charge < -0.3 is 9.67 Å². The van der Waals surface area contributed by atoms with Crippen LogP contribution in [-0.2, 0) is 11.3 Å². The number of hydrogen-bond acceptors (Lipinski definition) is 3. The highest BCUT2D eigenvalue weighted by Gasteiger charge is 2.15. The molecule has 2 aromatic heterocycles. The van der Waals surface area contributed by atoms with E-state index in [1.54, 1.807) is 23.5 Å². The van der Waals surface area contributed by atoms with E-state index in [1.165, 1.54) is 0 Å². The van der Waals surface area contributed by atoms with Crippen molar-refractivity contribution < 1.29 is 9.90 Å². The van der Waals surface area contributed by atoms with E-state index in [0.717, 1.165) is 16.9 Å². The maximum Gasteiger partial charge on any atom is 0.305 e. The van der Waals surface area contributed by atoms with Gasteiger partial charge in [-0.15, -0.1) is 0 Å². The molecule has 0 aliphatic carbocycles. The molecule has 0 saturated heterocycles. The van der Waals surface area contributed by atoms with E-state index in [9.17, 15) is 4.79 Å². The lowest BCUT2D eigenvalue weighted by atomic mass is 10.3. The third-order valence-corrected chi connectivity index (χ3v) is 4.52. The summed E-state index contributed by atoms with van der Waals surface area (Å²) in [4.78, 5) is 15.4. The molecule has 21 heavy (non-hydrogen) atoms. The molecule has 0 radical (unpaired) electrons. The normalized spacial score (nSPS) is 11.1. The van der Waals surface area contributed by atoms with Crippen LogP contribution >= 0.6 is 34.5 Å². The fourth-order valence-corrected chi connectivity index (χ4v) is 3.12. The van der Waals surface area contributed by atoms with Gasteiger partial charge in [-0.05, 0) is 23.6 Å². The van der Waals surface area contributed by atoms with E-state index in [4.69, 9.17) is 28.3 Å². The fourth-order valence-electron chi connectivity index (χ4n) is 2.17. The minimum Gasteiger partial charge on any atom is -0.481 e. The van der Waals surface area contributed by atoms with E-state index in [0.29, 0.717) is 22.1 Å². The Kier molecular flexibility index (Phi) is 3.89. The SMILES string of the molecule is O=C(O)CCn1c(-c2ccsc2)nc2cc(Cl)c(Cl)cc21. The van der Waals surface area contributed by atoms with Crippen LogP contribution in [0.3, 0.4) is 0 Å². The number of carbonyl (C=O) groups is 1. The molecule has 4 nitrogen and oxygen atoms in total. The Bertz CT molecular complexity index is 812.